The van der Waals surface area contributed by atoms with Gasteiger partial charge in [0.1, 0.15) is 4.83 Å². The Morgan fingerprint density at radius 1 is 1.13 bits per heavy atom. The van der Waals surface area contributed by atoms with Crippen LogP contribution >= 0.6 is 23.1 Å². The number of carbonyl (C=O) groups is 1. The zero-order chi connectivity index (χ0) is 21.8. The summed E-state index contributed by atoms with van der Waals surface area (Å²) in [5, 5.41) is 6.12. The maximum absolute atomic E-state index is 13.0. The summed E-state index contributed by atoms with van der Waals surface area (Å²) in [6.07, 6.45) is 0. The van der Waals surface area contributed by atoms with Crippen molar-refractivity contribution in [1.29, 1.82) is 0 Å². The second-order valence-electron chi connectivity index (χ2n) is 7.36. The van der Waals surface area contributed by atoms with Crippen LogP contribution in [-0.4, -0.2) is 27.8 Å². The molecular weight excluding hydrogens is 426 g/mol. The maximum Gasteiger partial charge on any atom is 0.263 e. The number of hydrogen-bond acceptors (Lipinski definition) is 5. The molecule has 1 N–H and O–H groups in total. The summed E-state index contributed by atoms with van der Waals surface area (Å²) in [5.74, 6) is 0.374. The van der Waals surface area contributed by atoms with Crippen LogP contribution in [0.1, 0.15) is 18.4 Å². The Labute approximate surface area is 189 Å². The summed E-state index contributed by atoms with van der Waals surface area (Å²) >= 11 is 2.74. The number of thioether (sulfide) groups is 1. The minimum atomic E-state index is -0.0919. The molecule has 1 atom stereocenters. The number of rotatable bonds is 7. The van der Waals surface area contributed by atoms with Crippen LogP contribution in [-0.2, 0) is 11.8 Å². The summed E-state index contributed by atoms with van der Waals surface area (Å²) in [6, 6.07) is 19.9. The van der Waals surface area contributed by atoms with Gasteiger partial charge in [-0.1, -0.05) is 79.3 Å². The fourth-order valence-electron chi connectivity index (χ4n) is 3.36. The van der Waals surface area contributed by atoms with E-state index in [0.717, 1.165) is 11.1 Å². The number of benzene rings is 2. The summed E-state index contributed by atoms with van der Waals surface area (Å²) < 4.78 is 1.53. The van der Waals surface area contributed by atoms with Crippen molar-refractivity contribution in [3.05, 3.63) is 82.0 Å². The third-order valence-electron chi connectivity index (χ3n) is 5.17. The molecule has 1 unspecified atom stereocenters. The van der Waals surface area contributed by atoms with Crippen molar-refractivity contribution < 1.29 is 4.79 Å². The molecule has 31 heavy (non-hydrogen) atoms. The lowest BCUT2D eigenvalue weighted by Gasteiger charge is -2.13. The van der Waals surface area contributed by atoms with Crippen molar-refractivity contribution in [2.75, 3.05) is 12.3 Å². The van der Waals surface area contributed by atoms with Crippen molar-refractivity contribution in [1.82, 2.24) is 14.9 Å². The van der Waals surface area contributed by atoms with Crippen LogP contribution in [0.25, 0.3) is 21.3 Å². The Hall–Kier alpha value is -2.90. The third-order valence-corrected chi connectivity index (χ3v) is 7.07. The van der Waals surface area contributed by atoms with E-state index in [2.05, 4.69) is 29.4 Å². The van der Waals surface area contributed by atoms with Crippen molar-refractivity contribution in [2.24, 2.45) is 7.05 Å². The van der Waals surface area contributed by atoms with E-state index in [1.54, 1.807) is 7.05 Å². The van der Waals surface area contributed by atoms with Crippen LogP contribution in [0, 0.1) is 0 Å². The highest BCUT2D eigenvalue weighted by Crippen LogP contribution is 2.31. The van der Waals surface area contributed by atoms with Gasteiger partial charge in [-0.3, -0.25) is 14.2 Å². The average molecular weight is 450 g/mol. The van der Waals surface area contributed by atoms with E-state index < -0.39 is 0 Å². The third kappa shape index (κ3) is 4.73. The van der Waals surface area contributed by atoms with Gasteiger partial charge >= 0.3 is 0 Å². The van der Waals surface area contributed by atoms with Gasteiger partial charge in [0.2, 0.25) is 5.91 Å². The van der Waals surface area contributed by atoms with Gasteiger partial charge in [-0.25, -0.2) is 4.98 Å². The van der Waals surface area contributed by atoms with Crippen LogP contribution in [0.5, 0.6) is 0 Å². The molecule has 0 radical (unpaired) electrons. The van der Waals surface area contributed by atoms with Crippen LogP contribution in [0.3, 0.4) is 0 Å². The predicted octanol–water partition coefficient (Wildman–Crippen LogP) is 4.67. The second kappa shape index (κ2) is 9.49. The monoisotopic (exact) mass is 449 g/mol. The van der Waals surface area contributed by atoms with E-state index in [1.807, 2.05) is 53.9 Å². The number of hydrogen-bond donors (Lipinski definition) is 1. The summed E-state index contributed by atoms with van der Waals surface area (Å²) in [4.78, 5) is 30.8. The standard InChI is InChI=1S/C24H23N3O2S2/c1-16(17-9-5-3-6-10-17)13-25-20(28)15-31-24-26-22-21(23(29)27(24)2)19(14-30-22)18-11-7-4-8-12-18/h3-12,14,16H,13,15H2,1-2H3,(H,25,28). The Balaban J connectivity index is 1.45. The molecule has 4 aromatic rings. The van der Waals surface area contributed by atoms with Crippen molar-refractivity contribution >= 4 is 39.2 Å². The highest BCUT2D eigenvalue weighted by molar-refractivity contribution is 7.99. The molecular formula is C24H23N3O2S2. The summed E-state index contributed by atoms with van der Waals surface area (Å²) in [6.45, 7) is 2.66. The first-order chi connectivity index (χ1) is 15.0. The molecule has 7 heteroatoms. The highest BCUT2D eigenvalue weighted by Gasteiger charge is 2.16. The largest absolute Gasteiger partial charge is 0.355 e. The molecule has 1 amide bonds. The number of nitrogens with one attached hydrogen (secondary N) is 1. The average Bonchev–Trinajstić information content (AvgIpc) is 3.24. The van der Waals surface area contributed by atoms with Crippen molar-refractivity contribution in [3.8, 4) is 11.1 Å². The lowest BCUT2D eigenvalue weighted by molar-refractivity contribution is -0.118. The van der Waals surface area contributed by atoms with Crippen LogP contribution in [0.15, 0.2) is 76.0 Å². The summed E-state index contributed by atoms with van der Waals surface area (Å²) in [7, 11) is 1.71. The van der Waals surface area contributed by atoms with Crippen LogP contribution in [0.4, 0.5) is 0 Å². The molecule has 0 aliphatic carbocycles. The molecule has 2 aromatic heterocycles. The number of amides is 1. The molecule has 0 bridgehead atoms. The summed E-state index contributed by atoms with van der Waals surface area (Å²) in [5.41, 5.74) is 3.00. The molecule has 0 spiro atoms. The number of fused-ring (bicyclic) bond motifs is 1. The Kier molecular flexibility index (Phi) is 6.53. The van der Waals surface area contributed by atoms with Crippen LogP contribution in [0.2, 0.25) is 0 Å². The first kappa shape index (κ1) is 21.3. The van der Waals surface area contributed by atoms with E-state index >= 15 is 0 Å². The van der Waals surface area contributed by atoms with E-state index in [1.165, 1.54) is 33.2 Å². The van der Waals surface area contributed by atoms with E-state index in [0.29, 0.717) is 21.9 Å². The molecule has 2 aromatic carbocycles. The molecule has 0 saturated carbocycles. The van der Waals surface area contributed by atoms with E-state index in [4.69, 9.17) is 0 Å². The minimum absolute atomic E-state index is 0.0710. The smallest absolute Gasteiger partial charge is 0.263 e. The topological polar surface area (TPSA) is 64.0 Å². The number of aromatic nitrogens is 2. The molecule has 0 aliphatic heterocycles. The van der Waals surface area contributed by atoms with Crippen LogP contribution < -0.4 is 10.9 Å². The second-order valence-corrected chi connectivity index (χ2v) is 9.16. The van der Waals surface area contributed by atoms with Gasteiger partial charge in [0.15, 0.2) is 5.16 Å². The van der Waals surface area contributed by atoms with Gasteiger partial charge in [0.05, 0.1) is 11.1 Å². The molecule has 0 saturated heterocycles. The number of nitrogens with zero attached hydrogens (tertiary/aromatic N) is 2. The number of carbonyl (C=O) groups excluding carboxylic acids is 1. The fourth-order valence-corrected chi connectivity index (χ4v) is 5.15. The van der Waals surface area contributed by atoms with Gasteiger partial charge in [-0.05, 0) is 17.0 Å². The Bertz CT molecular complexity index is 1250. The first-order valence-electron chi connectivity index (χ1n) is 10.0. The van der Waals surface area contributed by atoms with E-state index in [9.17, 15) is 9.59 Å². The van der Waals surface area contributed by atoms with Gasteiger partial charge in [0, 0.05) is 24.5 Å². The molecule has 4 rings (SSSR count). The number of thiophene rings is 1. The molecule has 2 heterocycles. The minimum Gasteiger partial charge on any atom is -0.355 e. The van der Waals surface area contributed by atoms with E-state index in [-0.39, 0.29) is 23.1 Å². The lowest BCUT2D eigenvalue weighted by atomic mass is 10.0. The van der Waals surface area contributed by atoms with Crippen molar-refractivity contribution in [2.45, 2.75) is 18.0 Å². The lowest BCUT2D eigenvalue weighted by Crippen LogP contribution is -2.29. The van der Waals surface area contributed by atoms with Gasteiger partial charge < -0.3 is 5.32 Å². The Morgan fingerprint density at radius 2 is 1.81 bits per heavy atom. The van der Waals surface area contributed by atoms with Gasteiger partial charge in [0.25, 0.3) is 5.56 Å². The zero-order valence-corrected chi connectivity index (χ0v) is 19.0. The van der Waals surface area contributed by atoms with Crippen molar-refractivity contribution in [3.63, 3.8) is 0 Å². The first-order valence-corrected chi connectivity index (χ1v) is 11.9. The maximum atomic E-state index is 13.0. The Morgan fingerprint density at radius 3 is 2.52 bits per heavy atom. The highest BCUT2D eigenvalue weighted by atomic mass is 32.2. The molecule has 158 valence electrons. The zero-order valence-electron chi connectivity index (χ0n) is 17.4. The normalized spacial score (nSPS) is 12.1. The molecule has 0 aliphatic rings. The van der Waals surface area contributed by atoms with Gasteiger partial charge in [-0.15, -0.1) is 11.3 Å². The molecule has 0 fully saturated rings. The fraction of sp³-hybridized carbons (Fsp3) is 0.208. The van der Waals surface area contributed by atoms with Gasteiger partial charge in [-0.2, -0.15) is 0 Å². The molecule has 5 nitrogen and oxygen atoms in total. The quantitative estimate of drug-likeness (QED) is 0.329. The SMILES string of the molecule is CC(CNC(=O)CSc1nc2scc(-c3ccccc3)c2c(=O)n1C)c1ccccc1. The predicted molar refractivity (Wildman–Crippen MR) is 129 cm³/mol.